The number of esters is 2. The number of halogens is 4. The molecule has 0 fully saturated rings. The molecular weight excluding hydrogens is 565 g/mol. The van der Waals surface area contributed by atoms with Crippen molar-refractivity contribution in [2.75, 3.05) is 0 Å². The fourth-order valence-corrected chi connectivity index (χ4v) is 4.59. The number of rotatable bonds is 2. The van der Waals surface area contributed by atoms with Crippen LogP contribution in [0.25, 0.3) is 0 Å². The van der Waals surface area contributed by atoms with Crippen LogP contribution in [-0.2, 0) is 36.7 Å². The van der Waals surface area contributed by atoms with E-state index in [-0.39, 0.29) is 19.3 Å². The first-order valence-electron chi connectivity index (χ1n) is 11.2. The van der Waals surface area contributed by atoms with E-state index in [0.29, 0.717) is 23.5 Å². The number of ether oxygens (including phenoxy) is 2. The monoisotopic (exact) mass is 592 g/mol. The topological polar surface area (TPSA) is 94.6 Å². The van der Waals surface area contributed by atoms with Crippen molar-refractivity contribution in [2.24, 2.45) is 0 Å². The van der Waals surface area contributed by atoms with E-state index in [1.165, 1.54) is 23.5 Å². The second-order valence-corrected chi connectivity index (χ2v) is 10.6. The summed E-state index contributed by atoms with van der Waals surface area (Å²) >= 11 is 4.71. The zero-order chi connectivity index (χ0) is 26.9. The van der Waals surface area contributed by atoms with E-state index in [1.807, 2.05) is 6.92 Å². The molecule has 0 saturated carbocycles. The van der Waals surface area contributed by atoms with Gasteiger partial charge in [-0.3, -0.25) is 4.79 Å². The molecule has 0 unspecified atom stereocenters. The van der Waals surface area contributed by atoms with Crippen molar-refractivity contribution < 1.29 is 37.0 Å². The van der Waals surface area contributed by atoms with Crippen LogP contribution in [0, 0.1) is 0 Å². The largest absolute Gasteiger partial charge is 0.471 e. The first kappa shape index (κ1) is 29.8. The van der Waals surface area contributed by atoms with E-state index >= 15 is 0 Å². The predicted molar refractivity (Wildman–Crippen MR) is 132 cm³/mol. The number of hydrogen-bond donors (Lipinski definition) is 1. The molecule has 0 radical (unpaired) electrons. The average molecular weight is 593 g/mol. The number of cyclic esters (lactones) is 2. The molecule has 1 amide bonds. The van der Waals surface area contributed by atoms with Crippen LogP contribution in [0.1, 0.15) is 50.7 Å². The van der Waals surface area contributed by atoms with Crippen molar-refractivity contribution in [3.8, 4) is 0 Å². The molecule has 0 aromatic carbocycles. The Morgan fingerprint density at radius 1 is 1.28 bits per heavy atom. The lowest BCUT2D eigenvalue weighted by Gasteiger charge is -2.21. The van der Waals surface area contributed by atoms with Crippen molar-refractivity contribution in [3.63, 3.8) is 0 Å². The summed E-state index contributed by atoms with van der Waals surface area (Å²) in [6.45, 7) is 5.16. The minimum atomic E-state index is -5.12. The lowest BCUT2D eigenvalue weighted by molar-refractivity contribution is -0.176. The van der Waals surface area contributed by atoms with Crippen LogP contribution in [0.4, 0.5) is 13.2 Å². The first-order chi connectivity index (χ1) is 16.8. The third-order valence-electron chi connectivity index (χ3n) is 4.97. The van der Waals surface area contributed by atoms with E-state index in [2.05, 4.69) is 20.9 Å². The van der Waals surface area contributed by atoms with Gasteiger partial charge in [-0.1, -0.05) is 33.7 Å². The SMILES string of the molecule is C/C(Br)=C\[C@@H]1Cc2nc(cs2)CCC[C@H](NC(=O)C(F)(F)F)C(=O)O[C@@H](C)C/C(C)=C/C=C\C(=O)O1. The van der Waals surface area contributed by atoms with Gasteiger partial charge < -0.3 is 14.8 Å². The maximum Gasteiger partial charge on any atom is 0.471 e. The van der Waals surface area contributed by atoms with Crippen molar-refractivity contribution in [3.05, 3.63) is 50.4 Å². The highest BCUT2D eigenvalue weighted by Gasteiger charge is 2.41. The van der Waals surface area contributed by atoms with E-state index in [1.54, 1.807) is 36.7 Å². The van der Waals surface area contributed by atoms with Crippen LogP contribution in [0.3, 0.4) is 0 Å². The zero-order valence-electron chi connectivity index (χ0n) is 20.1. The first-order valence-corrected chi connectivity index (χ1v) is 12.9. The fourth-order valence-electron chi connectivity index (χ4n) is 3.42. The number of nitrogens with zero attached hydrogens (tertiary/aromatic N) is 1. The van der Waals surface area contributed by atoms with Crippen molar-refractivity contribution in [1.82, 2.24) is 10.3 Å². The maximum absolute atomic E-state index is 12.8. The second-order valence-electron chi connectivity index (χ2n) is 8.41. The van der Waals surface area contributed by atoms with Crippen LogP contribution in [0.2, 0.25) is 0 Å². The van der Waals surface area contributed by atoms with E-state index < -0.39 is 42.3 Å². The van der Waals surface area contributed by atoms with Crippen LogP contribution >= 0.6 is 27.3 Å². The summed E-state index contributed by atoms with van der Waals surface area (Å²) in [5.74, 6) is -3.67. The Kier molecular flexibility index (Phi) is 11.4. The molecule has 2 heterocycles. The summed E-state index contributed by atoms with van der Waals surface area (Å²) in [5, 5.41) is 4.26. The number of aryl methyl sites for hydroxylation is 1. The highest BCUT2D eigenvalue weighted by atomic mass is 79.9. The minimum absolute atomic E-state index is 0.0520. The number of fused-ring (bicyclic) bond motifs is 2. The number of hydrogen-bond acceptors (Lipinski definition) is 7. The molecule has 1 aliphatic heterocycles. The van der Waals surface area contributed by atoms with E-state index in [9.17, 15) is 27.6 Å². The summed E-state index contributed by atoms with van der Waals surface area (Å²) in [6, 6.07) is -1.45. The third-order valence-corrected chi connectivity index (χ3v) is 6.16. The van der Waals surface area contributed by atoms with Gasteiger partial charge in [0, 0.05) is 24.3 Å². The smallest absolute Gasteiger partial charge is 0.461 e. The lowest BCUT2D eigenvalue weighted by atomic mass is 10.1. The molecule has 198 valence electrons. The van der Waals surface area contributed by atoms with Gasteiger partial charge in [-0.25, -0.2) is 14.6 Å². The molecule has 36 heavy (non-hydrogen) atoms. The van der Waals surface area contributed by atoms with Gasteiger partial charge in [0.2, 0.25) is 0 Å². The molecule has 1 N–H and O–H groups in total. The zero-order valence-corrected chi connectivity index (χ0v) is 22.5. The standard InChI is InChI=1S/C24H28BrF3N2O5S/c1-14-6-4-9-21(31)35-18(11-15(2)25)12-20-29-17(13-36-20)7-5-8-19(22(32)34-16(3)10-14)30-23(33)24(26,27)28/h4,6,9,11,13,16,18-19H,5,7-8,10,12H2,1-3H3,(H,30,33)/b9-4-,14-6+,15-11+/t16-,18+,19-/m0/s1. The number of carbonyl (C=O) groups excluding carboxylic acids is 3. The molecule has 1 aliphatic rings. The average Bonchev–Trinajstić information content (AvgIpc) is 3.17. The van der Waals surface area contributed by atoms with Crippen LogP contribution in [0.5, 0.6) is 0 Å². The molecule has 1 aromatic rings. The molecule has 1 aromatic heterocycles. The van der Waals surface area contributed by atoms with Gasteiger partial charge >= 0.3 is 24.0 Å². The number of amides is 1. The van der Waals surface area contributed by atoms with Gasteiger partial charge in [-0.15, -0.1) is 11.3 Å². The molecule has 2 rings (SSSR count). The van der Waals surface area contributed by atoms with Gasteiger partial charge in [-0.05, 0) is 50.6 Å². The Hall–Kier alpha value is -2.47. The Morgan fingerprint density at radius 3 is 2.67 bits per heavy atom. The van der Waals surface area contributed by atoms with Gasteiger partial charge in [-0.2, -0.15) is 13.2 Å². The molecule has 0 aliphatic carbocycles. The van der Waals surface area contributed by atoms with Gasteiger partial charge in [0.15, 0.2) is 0 Å². The Bertz CT molecular complexity index is 1030. The highest BCUT2D eigenvalue weighted by Crippen LogP contribution is 2.20. The van der Waals surface area contributed by atoms with Crippen molar-refractivity contribution in [1.29, 1.82) is 0 Å². The summed E-state index contributed by atoms with van der Waals surface area (Å²) < 4.78 is 50.1. The van der Waals surface area contributed by atoms with Crippen molar-refractivity contribution in [2.45, 2.75) is 77.3 Å². The Morgan fingerprint density at radius 2 is 2.00 bits per heavy atom. The normalized spacial score (nSPS) is 25.8. The molecule has 2 bridgehead atoms. The van der Waals surface area contributed by atoms with E-state index in [0.717, 1.165) is 10.1 Å². The second kappa shape index (κ2) is 13.7. The molecular formula is C24H28BrF3N2O5S. The molecule has 0 spiro atoms. The summed E-state index contributed by atoms with van der Waals surface area (Å²) in [5.41, 5.74) is 1.44. The van der Waals surface area contributed by atoms with Crippen molar-refractivity contribution >= 4 is 45.1 Å². The number of carbonyl (C=O) groups is 3. The fraction of sp³-hybridized carbons (Fsp3) is 0.500. The number of thiazole rings is 1. The summed E-state index contributed by atoms with van der Waals surface area (Å²) in [6.07, 6.45) is 1.08. The summed E-state index contributed by atoms with van der Waals surface area (Å²) in [7, 11) is 0. The third kappa shape index (κ3) is 10.7. The number of aromatic nitrogens is 1. The van der Waals surface area contributed by atoms with Gasteiger partial charge in [0.05, 0.1) is 10.7 Å². The van der Waals surface area contributed by atoms with Gasteiger partial charge in [0.25, 0.3) is 0 Å². The Labute approximate surface area is 220 Å². The molecule has 3 atom stereocenters. The lowest BCUT2D eigenvalue weighted by Crippen LogP contribution is -2.48. The number of nitrogens with one attached hydrogen (secondary N) is 1. The Balaban J connectivity index is 2.28. The number of alkyl halides is 3. The van der Waals surface area contributed by atoms with Gasteiger partial charge in [0.1, 0.15) is 18.2 Å². The number of allylic oxidation sites excluding steroid dienone is 3. The summed E-state index contributed by atoms with van der Waals surface area (Å²) in [4.78, 5) is 40.9. The predicted octanol–water partition coefficient (Wildman–Crippen LogP) is 5.10. The van der Waals surface area contributed by atoms with Crippen LogP contribution in [-0.4, -0.2) is 47.3 Å². The van der Waals surface area contributed by atoms with Crippen LogP contribution in [0.15, 0.2) is 39.7 Å². The molecule has 0 saturated heterocycles. The van der Waals surface area contributed by atoms with E-state index in [4.69, 9.17) is 9.47 Å². The minimum Gasteiger partial charge on any atom is -0.461 e. The quantitative estimate of drug-likeness (QED) is 0.480. The highest BCUT2D eigenvalue weighted by molar-refractivity contribution is 9.11. The maximum atomic E-state index is 12.8. The molecule has 12 heteroatoms. The molecule has 7 nitrogen and oxygen atoms in total. The van der Waals surface area contributed by atoms with Crippen LogP contribution < -0.4 is 5.32 Å².